The van der Waals surface area contributed by atoms with Gasteiger partial charge in [0.05, 0.1) is 6.61 Å². The number of amides is 2. The van der Waals surface area contributed by atoms with Crippen molar-refractivity contribution in [2.24, 2.45) is 0 Å². The second-order valence-electron chi connectivity index (χ2n) is 5.57. The van der Waals surface area contributed by atoms with E-state index in [-0.39, 0.29) is 11.7 Å². The Morgan fingerprint density at radius 3 is 2.21 bits per heavy atom. The fourth-order valence-corrected chi connectivity index (χ4v) is 2.38. The number of halogens is 1. The molecule has 0 atom stereocenters. The van der Waals surface area contributed by atoms with Crippen molar-refractivity contribution in [1.82, 2.24) is 16.2 Å². The van der Waals surface area contributed by atoms with Gasteiger partial charge in [0.15, 0.2) is 11.7 Å². The number of nitrogens with one attached hydrogen (secondary N) is 3. The van der Waals surface area contributed by atoms with Crippen molar-refractivity contribution >= 4 is 45.1 Å². The highest BCUT2D eigenvalue weighted by molar-refractivity contribution is 9.10. The van der Waals surface area contributed by atoms with Crippen molar-refractivity contribution in [3.8, 4) is 11.5 Å². The predicted molar refractivity (Wildman–Crippen MR) is 113 cm³/mol. The van der Waals surface area contributed by atoms with Gasteiger partial charge in [-0.2, -0.15) is 0 Å². The molecule has 2 amide bonds. The van der Waals surface area contributed by atoms with Crippen molar-refractivity contribution in [3.05, 3.63) is 58.6 Å². The van der Waals surface area contributed by atoms with Gasteiger partial charge in [0.2, 0.25) is 0 Å². The standard InChI is InChI=1S/C19H20BrN3O4S/c1-2-11-26-15-7-3-13(4-8-15)18(25)21-19(28)23-22-17(24)12-27-16-9-5-14(20)6-10-16/h3-10H,2,11-12H2,1H3,(H,22,24)(H2,21,23,25,28). The van der Waals surface area contributed by atoms with Gasteiger partial charge in [-0.3, -0.25) is 25.8 Å². The first-order valence-corrected chi connectivity index (χ1v) is 9.69. The molecule has 0 radical (unpaired) electrons. The zero-order chi connectivity index (χ0) is 20.4. The number of carbonyl (C=O) groups excluding carboxylic acids is 2. The third-order valence-corrected chi connectivity index (χ3v) is 4.05. The minimum atomic E-state index is -0.447. The normalized spacial score (nSPS) is 9.93. The molecule has 0 unspecified atom stereocenters. The Hall–Kier alpha value is -2.65. The molecule has 2 aromatic rings. The molecule has 0 bridgehead atoms. The number of hydrogen-bond acceptors (Lipinski definition) is 5. The van der Waals surface area contributed by atoms with Gasteiger partial charge in [-0.1, -0.05) is 22.9 Å². The molecule has 148 valence electrons. The first-order chi connectivity index (χ1) is 13.5. The summed E-state index contributed by atoms with van der Waals surface area (Å²) in [4.78, 5) is 23.9. The molecule has 0 aliphatic rings. The molecule has 0 saturated carbocycles. The number of hydrogen-bond donors (Lipinski definition) is 3. The Balaban J connectivity index is 1.71. The molecule has 0 heterocycles. The molecule has 0 saturated heterocycles. The number of rotatable bonds is 7. The number of benzene rings is 2. The average molecular weight is 466 g/mol. The molecule has 0 fully saturated rings. The Morgan fingerprint density at radius 2 is 1.57 bits per heavy atom. The Bertz CT molecular complexity index is 813. The fraction of sp³-hybridized carbons (Fsp3) is 0.211. The van der Waals surface area contributed by atoms with Crippen LogP contribution in [0, 0.1) is 0 Å². The molecular weight excluding hydrogens is 446 g/mol. The van der Waals surface area contributed by atoms with Gasteiger partial charge in [0, 0.05) is 10.0 Å². The summed E-state index contributed by atoms with van der Waals surface area (Å²) >= 11 is 8.31. The van der Waals surface area contributed by atoms with Gasteiger partial charge in [-0.05, 0) is 67.2 Å². The van der Waals surface area contributed by atoms with Crippen LogP contribution in [0.25, 0.3) is 0 Å². The van der Waals surface area contributed by atoms with Gasteiger partial charge in [-0.25, -0.2) is 0 Å². The molecular formula is C19H20BrN3O4S. The highest BCUT2D eigenvalue weighted by Gasteiger charge is 2.09. The van der Waals surface area contributed by atoms with E-state index in [2.05, 4.69) is 32.1 Å². The molecule has 9 heteroatoms. The maximum atomic E-state index is 12.1. The minimum absolute atomic E-state index is 0.0340. The second kappa shape index (κ2) is 11.3. The Morgan fingerprint density at radius 1 is 0.964 bits per heavy atom. The molecule has 0 aromatic heterocycles. The van der Waals surface area contributed by atoms with Gasteiger partial charge < -0.3 is 9.47 Å². The first-order valence-electron chi connectivity index (χ1n) is 8.49. The highest BCUT2D eigenvalue weighted by atomic mass is 79.9. The lowest BCUT2D eigenvalue weighted by Crippen LogP contribution is -2.49. The summed E-state index contributed by atoms with van der Waals surface area (Å²) in [7, 11) is 0. The van der Waals surface area contributed by atoms with Crippen molar-refractivity contribution in [2.45, 2.75) is 13.3 Å². The topological polar surface area (TPSA) is 88.7 Å². The average Bonchev–Trinajstić information content (AvgIpc) is 2.70. The summed E-state index contributed by atoms with van der Waals surface area (Å²) in [5.74, 6) is 0.398. The quantitative estimate of drug-likeness (QED) is 0.430. The van der Waals surface area contributed by atoms with Crippen LogP contribution in [0.2, 0.25) is 0 Å². The third-order valence-electron chi connectivity index (χ3n) is 3.32. The van der Waals surface area contributed by atoms with Crippen LogP contribution in [0.5, 0.6) is 11.5 Å². The van der Waals surface area contributed by atoms with E-state index in [1.807, 2.05) is 6.92 Å². The summed E-state index contributed by atoms with van der Waals surface area (Å²) in [6, 6.07) is 13.8. The van der Waals surface area contributed by atoms with Crippen LogP contribution in [0.1, 0.15) is 23.7 Å². The van der Waals surface area contributed by atoms with Crippen LogP contribution in [-0.2, 0) is 4.79 Å². The molecule has 0 aliphatic heterocycles. The molecule has 2 aromatic carbocycles. The lowest BCUT2D eigenvalue weighted by molar-refractivity contribution is -0.123. The summed E-state index contributed by atoms with van der Waals surface area (Å²) in [5, 5.41) is 2.44. The van der Waals surface area contributed by atoms with Crippen molar-refractivity contribution in [3.63, 3.8) is 0 Å². The molecule has 2 rings (SSSR count). The number of thiocarbonyl (C=S) groups is 1. The van der Waals surface area contributed by atoms with Crippen LogP contribution >= 0.6 is 28.1 Å². The van der Waals surface area contributed by atoms with Crippen LogP contribution in [0.4, 0.5) is 0 Å². The lowest BCUT2D eigenvalue weighted by Gasteiger charge is -2.12. The largest absolute Gasteiger partial charge is 0.494 e. The number of ether oxygens (including phenoxy) is 2. The monoisotopic (exact) mass is 465 g/mol. The van der Waals surface area contributed by atoms with Gasteiger partial charge >= 0.3 is 0 Å². The molecule has 0 spiro atoms. The van der Waals surface area contributed by atoms with Crippen LogP contribution < -0.4 is 25.6 Å². The molecule has 0 aliphatic carbocycles. The van der Waals surface area contributed by atoms with Crippen molar-refractivity contribution < 1.29 is 19.1 Å². The summed E-state index contributed by atoms with van der Waals surface area (Å²) in [6.07, 6.45) is 0.905. The number of hydrazine groups is 1. The Labute approximate surface area is 176 Å². The third kappa shape index (κ3) is 7.53. The maximum Gasteiger partial charge on any atom is 0.276 e. The van der Waals surface area contributed by atoms with E-state index in [0.717, 1.165) is 10.9 Å². The van der Waals surface area contributed by atoms with E-state index in [9.17, 15) is 9.59 Å². The summed E-state index contributed by atoms with van der Waals surface area (Å²) in [6.45, 7) is 2.43. The van der Waals surface area contributed by atoms with Crippen molar-refractivity contribution in [1.29, 1.82) is 0 Å². The van der Waals surface area contributed by atoms with E-state index in [1.54, 1.807) is 48.5 Å². The predicted octanol–water partition coefficient (Wildman–Crippen LogP) is 2.95. The summed E-state index contributed by atoms with van der Waals surface area (Å²) in [5.41, 5.74) is 5.22. The van der Waals surface area contributed by atoms with E-state index in [0.29, 0.717) is 23.7 Å². The fourth-order valence-electron chi connectivity index (χ4n) is 1.97. The van der Waals surface area contributed by atoms with Gasteiger partial charge in [0.1, 0.15) is 11.5 Å². The zero-order valence-corrected chi connectivity index (χ0v) is 17.6. The maximum absolute atomic E-state index is 12.1. The van der Waals surface area contributed by atoms with E-state index in [4.69, 9.17) is 21.7 Å². The molecule has 7 nitrogen and oxygen atoms in total. The van der Waals surface area contributed by atoms with E-state index in [1.165, 1.54) is 0 Å². The summed E-state index contributed by atoms with van der Waals surface area (Å²) < 4.78 is 11.7. The van der Waals surface area contributed by atoms with Gasteiger partial charge in [0.25, 0.3) is 11.8 Å². The number of carbonyl (C=O) groups is 2. The zero-order valence-electron chi connectivity index (χ0n) is 15.2. The van der Waals surface area contributed by atoms with Crippen LogP contribution in [-0.4, -0.2) is 30.1 Å². The smallest absolute Gasteiger partial charge is 0.276 e. The SMILES string of the molecule is CCCOc1ccc(C(=O)NC(=S)NNC(=O)COc2ccc(Br)cc2)cc1. The van der Waals surface area contributed by atoms with Gasteiger partial charge in [-0.15, -0.1) is 0 Å². The van der Waals surface area contributed by atoms with Crippen LogP contribution in [0.15, 0.2) is 53.0 Å². The van der Waals surface area contributed by atoms with E-state index >= 15 is 0 Å². The highest BCUT2D eigenvalue weighted by Crippen LogP contribution is 2.15. The Kier molecular flexibility index (Phi) is 8.70. The van der Waals surface area contributed by atoms with Crippen molar-refractivity contribution in [2.75, 3.05) is 13.2 Å². The molecule has 3 N–H and O–H groups in total. The second-order valence-corrected chi connectivity index (χ2v) is 6.90. The minimum Gasteiger partial charge on any atom is -0.494 e. The van der Waals surface area contributed by atoms with E-state index < -0.39 is 11.8 Å². The lowest BCUT2D eigenvalue weighted by atomic mass is 10.2. The first kappa shape index (κ1) is 21.6. The van der Waals surface area contributed by atoms with Crippen LogP contribution in [0.3, 0.4) is 0 Å². The molecule has 28 heavy (non-hydrogen) atoms.